The van der Waals surface area contributed by atoms with Gasteiger partial charge >= 0.3 is 5.97 Å². The maximum Gasteiger partial charge on any atom is 0.335 e. The minimum Gasteiger partial charge on any atom is -0.494 e. The summed E-state index contributed by atoms with van der Waals surface area (Å²) in [7, 11) is 0. The van der Waals surface area contributed by atoms with Crippen LogP contribution in [0, 0.1) is 0 Å². The van der Waals surface area contributed by atoms with Crippen LogP contribution in [0.1, 0.15) is 48.4 Å². The quantitative estimate of drug-likeness (QED) is 0.729. The van der Waals surface area contributed by atoms with Crippen LogP contribution in [0.25, 0.3) is 0 Å². The molecule has 2 aromatic rings. The maximum absolute atomic E-state index is 12.0. The Kier molecular flexibility index (Phi) is 10.2. The number of rotatable bonds is 8. The Hall–Kier alpha value is -3.02. The summed E-state index contributed by atoms with van der Waals surface area (Å²) in [4.78, 5) is 24.2. The van der Waals surface area contributed by atoms with Gasteiger partial charge in [0.25, 0.3) is 5.91 Å². The average Bonchev–Trinajstić information content (AvgIpc) is 2.71. The minimum absolute atomic E-state index is 0.0769. The highest BCUT2D eigenvalue weighted by molar-refractivity contribution is 5.94. The lowest BCUT2D eigenvalue weighted by Crippen LogP contribution is -2.30. The third kappa shape index (κ3) is 7.31. The van der Waals surface area contributed by atoms with E-state index < -0.39 is 5.97 Å². The minimum atomic E-state index is -0.918. The molecular formula is C22H29NO5. The molecule has 0 aromatic heterocycles. The molecular weight excluding hydrogens is 358 g/mol. The number of carbonyl (C=O) groups is 2. The van der Waals surface area contributed by atoms with Gasteiger partial charge in [0.2, 0.25) is 0 Å². The fourth-order valence-corrected chi connectivity index (χ4v) is 2.41. The molecule has 0 aliphatic rings. The molecule has 0 unspecified atom stereocenters. The highest BCUT2D eigenvalue weighted by Crippen LogP contribution is 2.14. The Labute approximate surface area is 166 Å². The van der Waals surface area contributed by atoms with Crippen molar-refractivity contribution in [3.05, 3.63) is 59.7 Å². The van der Waals surface area contributed by atoms with Crippen LogP contribution in [-0.2, 0) is 0 Å². The molecule has 28 heavy (non-hydrogen) atoms. The normalized spacial score (nSPS) is 9.71. The van der Waals surface area contributed by atoms with Gasteiger partial charge in [-0.2, -0.15) is 0 Å². The zero-order valence-electron chi connectivity index (χ0n) is 17.0. The van der Waals surface area contributed by atoms with Gasteiger partial charge in [-0.3, -0.25) is 4.79 Å². The van der Waals surface area contributed by atoms with Crippen molar-refractivity contribution >= 4 is 11.9 Å². The first kappa shape index (κ1) is 23.0. The van der Waals surface area contributed by atoms with Crippen molar-refractivity contribution in [1.82, 2.24) is 4.90 Å². The number of hydrogen-bond donors (Lipinski definition) is 1. The summed E-state index contributed by atoms with van der Waals surface area (Å²) in [6.07, 6.45) is 0. The number of nitrogens with zero attached hydrogens (tertiary/aromatic N) is 1. The first-order valence-corrected chi connectivity index (χ1v) is 9.44. The van der Waals surface area contributed by atoms with E-state index in [0.29, 0.717) is 24.5 Å². The predicted molar refractivity (Wildman–Crippen MR) is 109 cm³/mol. The molecule has 0 saturated heterocycles. The summed E-state index contributed by atoms with van der Waals surface area (Å²) in [6.45, 7) is 10.5. The molecule has 152 valence electrons. The number of amides is 1. The summed E-state index contributed by atoms with van der Waals surface area (Å²) >= 11 is 0. The highest BCUT2D eigenvalue weighted by Gasteiger charge is 2.11. The van der Waals surface area contributed by atoms with Crippen molar-refractivity contribution in [2.75, 3.05) is 26.3 Å². The van der Waals surface area contributed by atoms with E-state index in [1.54, 1.807) is 17.0 Å². The molecule has 1 amide bonds. The Balaban J connectivity index is 0.000000292. The van der Waals surface area contributed by atoms with Gasteiger partial charge in [-0.1, -0.05) is 0 Å². The highest BCUT2D eigenvalue weighted by atomic mass is 16.5. The zero-order chi connectivity index (χ0) is 20.9. The molecule has 0 saturated carbocycles. The summed E-state index contributed by atoms with van der Waals surface area (Å²) < 4.78 is 10.5. The molecule has 6 nitrogen and oxygen atoms in total. The number of hydrogen-bond acceptors (Lipinski definition) is 4. The van der Waals surface area contributed by atoms with Crippen molar-refractivity contribution in [2.24, 2.45) is 0 Å². The number of carboxylic acid groups (broad SMARTS) is 1. The van der Waals surface area contributed by atoms with Gasteiger partial charge in [0.05, 0.1) is 18.8 Å². The van der Waals surface area contributed by atoms with Gasteiger partial charge < -0.3 is 19.5 Å². The van der Waals surface area contributed by atoms with Crippen molar-refractivity contribution in [2.45, 2.75) is 27.7 Å². The Morgan fingerprint density at radius 2 is 1.14 bits per heavy atom. The van der Waals surface area contributed by atoms with Crippen LogP contribution in [0.5, 0.6) is 11.5 Å². The fraction of sp³-hybridized carbons (Fsp3) is 0.364. The lowest BCUT2D eigenvalue weighted by atomic mass is 10.2. The fourth-order valence-electron chi connectivity index (χ4n) is 2.41. The number of carboxylic acids is 1. The first-order valence-electron chi connectivity index (χ1n) is 9.44. The van der Waals surface area contributed by atoms with Crippen LogP contribution in [0.15, 0.2) is 48.5 Å². The summed E-state index contributed by atoms with van der Waals surface area (Å²) in [5.41, 5.74) is 0.991. The molecule has 0 bridgehead atoms. The van der Waals surface area contributed by atoms with Gasteiger partial charge in [-0.25, -0.2) is 4.79 Å². The Morgan fingerprint density at radius 3 is 1.46 bits per heavy atom. The third-order valence-electron chi connectivity index (χ3n) is 3.88. The third-order valence-corrected chi connectivity index (χ3v) is 3.88. The van der Waals surface area contributed by atoms with Crippen LogP contribution in [0.3, 0.4) is 0 Å². The van der Waals surface area contributed by atoms with Crippen LogP contribution >= 0.6 is 0 Å². The van der Waals surface area contributed by atoms with Crippen molar-refractivity contribution in [3.8, 4) is 11.5 Å². The largest absolute Gasteiger partial charge is 0.494 e. The smallest absolute Gasteiger partial charge is 0.335 e. The van der Waals surface area contributed by atoms with E-state index in [1.807, 2.05) is 52.0 Å². The second kappa shape index (κ2) is 12.4. The van der Waals surface area contributed by atoms with E-state index in [-0.39, 0.29) is 11.5 Å². The molecule has 6 heteroatoms. The van der Waals surface area contributed by atoms with E-state index in [1.165, 1.54) is 12.1 Å². The monoisotopic (exact) mass is 387 g/mol. The lowest BCUT2D eigenvalue weighted by molar-refractivity contribution is 0.0695. The van der Waals surface area contributed by atoms with Crippen LogP contribution in [0.4, 0.5) is 0 Å². The SMILES string of the molecule is CCOc1ccc(C(=O)N(CC)CC)cc1.CCOc1ccc(C(=O)O)cc1. The maximum atomic E-state index is 12.0. The zero-order valence-corrected chi connectivity index (χ0v) is 17.0. The van der Waals surface area contributed by atoms with Crippen LogP contribution in [-0.4, -0.2) is 48.2 Å². The molecule has 0 aliphatic carbocycles. The van der Waals surface area contributed by atoms with Gasteiger partial charge in [0.15, 0.2) is 0 Å². The van der Waals surface area contributed by atoms with Gasteiger partial charge in [0, 0.05) is 18.7 Å². The number of benzene rings is 2. The number of aromatic carboxylic acids is 1. The van der Waals surface area contributed by atoms with Gasteiger partial charge in [-0.15, -0.1) is 0 Å². The second-order valence-corrected chi connectivity index (χ2v) is 5.70. The lowest BCUT2D eigenvalue weighted by Gasteiger charge is -2.18. The topological polar surface area (TPSA) is 76.1 Å². The summed E-state index contributed by atoms with van der Waals surface area (Å²) in [5.74, 6) is 0.659. The number of carbonyl (C=O) groups excluding carboxylic acids is 1. The van der Waals surface area contributed by atoms with E-state index in [0.717, 1.165) is 18.8 Å². The molecule has 1 N–H and O–H groups in total. The van der Waals surface area contributed by atoms with Crippen LogP contribution < -0.4 is 9.47 Å². The molecule has 0 aliphatic heterocycles. The molecule has 0 fully saturated rings. The first-order chi connectivity index (χ1) is 13.5. The molecule has 2 rings (SSSR count). The van der Waals surface area contributed by atoms with Gasteiger partial charge in [0.1, 0.15) is 11.5 Å². The van der Waals surface area contributed by atoms with Crippen molar-refractivity contribution < 1.29 is 24.2 Å². The van der Waals surface area contributed by atoms with E-state index in [9.17, 15) is 9.59 Å². The van der Waals surface area contributed by atoms with E-state index >= 15 is 0 Å². The van der Waals surface area contributed by atoms with Crippen molar-refractivity contribution in [1.29, 1.82) is 0 Å². The van der Waals surface area contributed by atoms with E-state index in [2.05, 4.69) is 0 Å². The summed E-state index contributed by atoms with van der Waals surface area (Å²) in [5, 5.41) is 8.56. The molecule has 2 aromatic carbocycles. The molecule has 0 spiro atoms. The number of ether oxygens (including phenoxy) is 2. The average molecular weight is 387 g/mol. The molecule has 0 atom stereocenters. The van der Waals surface area contributed by atoms with E-state index in [4.69, 9.17) is 14.6 Å². The van der Waals surface area contributed by atoms with Crippen molar-refractivity contribution in [3.63, 3.8) is 0 Å². The summed E-state index contributed by atoms with van der Waals surface area (Å²) in [6, 6.07) is 13.6. The Morgan fingerprint density at radius 1 is 0.750 bits per heavy atom. The standard InChI is InChI=1S/C13H19NO2.C9H10O3/c1-4-14(5-2)13(15)11-7-9-12(10-8-11)16-6-3;1-2-12-8-5-3-7(4-6-8)9(10)11/h7-10H,4-6H2,1-3H3;3-6H,2H2,1H3,(H,10,11). The second-order valence-electron chi connectivity index (χ2n) is 5.70. The Bertz CT molecular complexity index is 722. The molecule has 0 heterocycles. The predicted octanol–water partition coefficient (Wildman–Crippen LogP) is 4.35. The van der Waals surface area contributed by atoms with Crippen LogP contribution in [0.2, 0.25) is 0 Å². The van der Waals surface area contributed by atoms with Gasteiger partial charge in [-0.05, 0) is 76.2 Å². The molecule has 0 radical (unpaired) electrons.